The van der Waals surface area contributed by atoms with E-state index in [1.807, 2.05) is 0 Å². The Hall–Kier alpha value is -4.68. The van der Waals surface area contributed by atoms with Gasteiger partial charge in [-0.1, -0.05) is 0 Å². The predicted molar refractivity (Wildman–Crippen MR) is 139 cm³/mol. The molecule has 0 spiro atoms. The molecule has 1 fully saturated rings. The second-order valence-corrected chi connectivity index (χ2v) is 9.37. The van der Waals surface area contributed by atoms with Crippen LogP contribution in [0.5, 0.6) is 5.75 Å². The van der Waals surface area contributed by atoms with E-state index in [-0.39, 0.29) is 29.5 Å². The SMILES string of the molecule is COC(=O)C1CCC(C(=O)Nc2ccc(-n3c(-c4cccnc4N)nc4ccc(OC(F)(F)F)cc43)cn2)CC1. The Labute approximate surface area is 226 Å². The summed E-state index contributed by atoms with van der Waals surface area (Å²) in [4.78, 5) is 37.6. The molecule has 0 atom stereocenters. The number of rotatable bonds is 6. The van der Waals surface area contributed by atoms with Crippen LogP contribution in [0.25, 0.3) is 28.1 Å². The number of nitrogens with one attached hydrogen (secondary N) is 1. The monoisotopic (exact) mass is 554 g/mol. The number of fused-ring (bicyclic) bond motifs is 1. The molecular weight excluding hydrogens is 529 g/mol. The first-order valence-corrected chi connectivity index (χ1v) is 12.5. The lowest BCUT2D eigenvalue weighted by Gasteiger charge is -2.25. The molecular formula is C27H25F3N6O4. The van der Waals surface area contributed by atoms with Crippen LogP contribution in [0.15, 0.2) is 54.9 Å². The number of pyridine rings is 2. The molecule has 3 N–H and O–H groups in total. The number of aromatic nitrogens is 4. The van der Waals surface area contributed by atoms with Crippen molar-refractivity contribution >= 4 is 34.5 Å². The summed E-state index contributed by atoms with van der Waals surface area (Å²) in [5.41, 5.74) is 7.74. The number of ether oxygens (including phenoxy) is 2. The lowest BCUT2D eigenvalue weighted by Crippen LogP contribution is -2.30. The first kappa shape index (κ1) is 26.9. The molecule has 1 amide bonds. The van der Waals surface area contributed by atoms with Gasteiger partial charge < -0.3 is 20.5 Å². The maximum absolute atomic E-state index is 12.9. The molecule has 1 aliphatic rings. The standard InChI is InChI=1S/C27H25F3N6O4/c1-39-26(38)16-6-4-15(5-7-16)25(37)35-22-11-8-17(14-33-22)36-21-13-18(40-27(28,29)30)9-10-20(21)34-24(36)19-3-2-12-32-23(19)31/h2-3,8-16H,4-7H2,1H3,(H2,31,32)(H,33,35,37). The third kappa shape index (κ3) is 5.67. The average molecular weight is 555 g/mol. The molecule has 1 aromatic carbocycles. The molecule has 10 nitrogen and oxygen atoms in total. The Morgan fingerprint density at radius 3 is 2.45 bits per heavy atom. The second kappa shape index (κ2) is 10.8. The van der Waals surface area contributed by atoms with Crippen molar-refractivity contribution in [2.24, 2.45) is 11.8 Å². The van der Waals surface area contributed by atoms with Gasteiger partial charge in [-0.2, -0.15) is 0 Å². The largest absolute Gasteiger partial charge is 0.573 e. The molecule has 0 aliphatic heterocycles. The molecule has 208 valence electrons. The maximum atomic E-state index is 12.9. The van der Waals surface area contributed by atoms with E-state index in [0.29, 0.717) is 59.6 Å². The van der Waals surface area contributed by atoms with Crippen LogP contribution in [0, 0.1) is 11.8 Å². The third-order valence-electron chi connectivity index (χ3n) is 6.83. The predicted octanol–water partition coefficient (Wildman–Crippen LogP) is 4.88. The van der Waals surface area contributed by atoms with E-state index in [1.165, 1.54) is 37.7 Å². The Morgan fingerprint density at radius 1 is 1.05 bits per heavy atom. The Kier molecular flexibility index (Phi) is 7.28. The molecule has 3 heterocycles. The highest BCUT2D eigenvalue weighted by atomic mass is 19.4. The number of anilines is 2. The molecule has 13 heteroatoms. The third-order valence-corrected chi connectivity index (χ3v) is 6.83. The van der Waals surface area contributed by atoms with Crippen molar-refractivity contribution in [1.82, 2.24) is 19.5 Å². The lowest BCUT2D eigenvalue weighted by atomic mass is 9.81. The smallest absolute Gasteiger partial charge is 0.469 e. The zero-order valence-electron chi connectivity index (χ0n) is 21.3. The summed E-state index contributed by atoms with van der Waals surface area (Å²) in [6.45, 7) is 0. The Balaban J connectivity index is 1.44. The highest BCUT2D eigenvalue weighted by Crippen LogP contribution is 2.34. The second-order valence-electron chi connectivity index (χ2n) is 9.37. The molecule has 5 rings (SSSR count). The van der Waals surface area contributed by atoms with Gasteiger partial charge in [0.15, 0.2) is 0 Å². The molecule has 0 bridgehead atoms. The molecule has 40 heavy (non-hydrogen) atoms. The number of hydrogen-bond acceptors (Lipinski definition) is 8. The van der Waals surface area contributed by atoms with Crippen molar-refractivity contribution in [3.63, 3.8) is 0 Å². The highest BCUT2D eigenvalue weighted by Gasteiger charge is 2.32. The number of alkyl halides is 3. The molecule has 0 saturated heterocycles. The van der Waals surface area contributed by atoms with E-state index in [4.69, 9.17) is 10.5 Å². The molecule has 3 aromatic heterocycles. The fraction of sp³-hybridized carbons (Fsp3) is 0.296. The van der Waals surface area contributed by atoms with E-state index in [9.17, 15) is 22.8 Å². The zero-order chi connectivity index (χ0) is 28.4. The van der Waals surface area contributed by atoms with Crippen molar-refractivity contribution in [3.8, 4) is 22.8 Å². The summed E-state index contributed by atoms with van der Waals surface area (Å²) >= 11 is 0. The number of carbonyl (C=O) groups excluding carboxylic acids is 2. The number of amides is 1. The molecule has 0 radical (unpaired) electrons. The van der Waals surface area contributed by atoms with Crippen LogP contribution in [0.4, 0.5) is 24.8 Å². The van der Waals surface area contributed by atoms with Gasteiger partial charge in [0.2, 0.25) is 5.91 Å². The van der Waals surface area contributed by atoms with Gasteiger partial charge in [-0.3, -0.25) is 14.2 Å². The van der Waals surface area contributed by atoms with Crippen LogP contribution >= 0.6 is 0 Å². The number of halogens is 3. The Bertz CT molecular complexity index is 1550. The Morgan fingerprint density at radius 2 is 1.80 bits per heavy atom. The van der Waals surface area contributed by atoms with Crippen molar-refractivity contribution < 1.29 is 32.2 Å². The lowest BCUT2D eigenvalue weighted by molar-refractivity contribution is -0.274. The number of hydrogen-bond donors (Lipinski definition) is 2. The summed E-state index contributed by atoms with van der Waals surface area (Å²) in [6, 6.07) is 10.4. The summed E-state index contributed by atoms with van der Waals surface area (Å²) in [6.07, 6.45) is 0.386. The highest BCUT2D eigenvalue weighted by molar-refractivity contribution is 5.92. The first-order chi connectivity index (χ1) is 19.1. The van der Waals surface area contributed by atoms with Crippen LogP contribution in [-0.4, -0.2) is 44.9 Å². The minimum atomic E-state index is -4.87. The van der Waals surface area contributed by atoms with Crippen LogP contribution in [-0.2, 0) is 14.3 Å². The fourth-order valence-corrected chi connectivity index (χ4v) is 4.88. The van der Waals surface area contributed by atoms with Crippen molar-refractivity contribution in [1.29, 1.82) is 0 Å². The average Bonchev–Trinajstić information content (AvgIpc) is 3.31. The number of esters is 1. The number of benzene rings is 1. The van der Waals surface area contributed by atoms with Gasteiger partial charge in [0.1, 0.15) is 23.2 Å². The van der Waals surface area contributed by atoms with Crippen LogP contribution in [0.2, 0.25) is 0 Å². The number of methoxy groups -OCH3 is 1. The quantitative estimate of drug-likeness (QED) is 0.322. The van der Waals surface area contributed by atoms with E-state index in [2.05, 4.69) is 25.0 Å². The van der Waals surface area contributed by atoms with Gasteiger partial charge in [0.05, 0.1) is 41.5 Å². The van der Waals surface area contributed by atoms with Gasteiger partial charge >= 0.3 is 12.3 Å². The molecule has 1 aliphatic carbocycles. The minimum Gasteiger partial charge on any atom is -0.469 e. The number of nitrogens with two attached hydrogens (primary N) is 1. The molecule has 1 saturated carbocycles. The van der Waals surface area contributed by atoms with E-state index < -0.39 is 12.1 Å². The number of nitrogen functional groups attached to an aromatic ring is 1. The van der Waals surface area contributed by atoms with Crippen molar-refractivity contribution in [3.05, 3.63) is 54.9 Å². The van der Waals surface area contributed by atoms with Gasteiger partial charge in [-0.25, -0.2) is 15.0 Å². The summed E-state index contributed by atoms with van der Waals surface area (Å²) in [7, 11) is 1.35. The van der Waals surface area contributed by atoms with E-state index in [0.717, 1.165) is 0 Å². The normalized spacial score (nSPS) is 17.4. The van der Waals surface area contributed by atoms with Gasteiger partial charge in [-0.15, -0.1) is 13.2 Å². The summed E-state index contributed by atoms with van der Waals surface area (Å²) < 4.78 is 49.2. The number of carbonyl (C=O) groups is 2. The summed E-state index contributed by atoms with van der Waals surface area (Å²) in [5.74, 6) is -0.492. The van der Waals surface area contributed by atoms with Crippen LogP contribution in [0.3, 0.4) is 0 Å². The minimum absolute atomic E-state index is 0.185. The van der Waals surface area contributed by atoms with Crippen molar-refractivity contribution in [2.75, 3.05) is 18.2 Å². The topological polar surface area (TPSA) is 134 Å². The van der Waals surface area contributed by atoms with Gasteiger partial charge in [-0.05, 0) is 62.1 Å². The molecule has 0 unspecified atom stereocenters. The molecule has 4 aromatic rings. The van der Waals surface area contributed by atoms with Crippen LogP contribution in [0.1, 0.15) is 25.7 Å². The number of nitrogens with zero attached hydrogens (tertiary/aromatic N) is 4. The summed E-state index contributed by atoms with van der Waals surface area (Å²) in [5, 5.41) is 2.80. The van der Waals surface area contributed by atoms with Crippen LogP contribution < -0.4 is 15.8 Å². The van der Waals surface area contributed by atoms with Gasteiger partial charge in [0, 0.05) is 18.2 Å². The first-order valence-electron chi connectivity index (χ1n) is 12.5. The van der Waals surface area contributed by atoms with Gasteiger partial charge in [0.25, 0.3) is 0 Å². The maximum Gasteiger partial charge on any atom is 0.573 e. The van der Waals surface area contributed by atoms with E-state index >= 15 is 0 Å². The number of imidazole rings is 1. The zero-order valence-corrected chi connectivity index (χ0v) is 21.3. The van der Waals surface area contributed by atoms with Crippen molar-refractivity contribution in [2.45, 2.75) is 32.0 Å². The van der Waals surface area contributed by atoms with E-state index in [1.54, 1.807) is 28.8 Å². The fourth-order valence-electron chi connectivity index (χ4n) is 4.88.